The normalized spacial score (nSPS) is 20.3. The van der Waals surface area contributed by atoms with E-state index >= 15 is 0 Å². The van der Waals surface area contributed by atoms with Crippen molar-refractivity contribution in [3.05, 3.63) is 35.9 Å². The monoisotopic (exact) mass is 330 g/mol. The largest absolute Gasteiger partial charge is 0.465 e. The van der Waals surface area contributed by atoms with Gasteiger partial charge < -0.3 is 9.64 Å². The summed E-state index contributed by atoms with van der Waals surface area (Å²) in [7, 11) is 0. The first-order valence-electron chi connectivity index (χ1n) is 8.95. The van der Waals surface area contributed by atoms with Crippen LogP contribution >= 0.6 is 0 Å². The van der Waals surface area contributed by atoms with Crippen LogP contribution in [-0.4, -0.2) is 54.5 Å². The minimum atomic E-state index is -0.406. The second-order valence-electron chi connectivity index (χ2n) is 6.60. The van der Waals surface area contributed by atoms with E-state index in [-0.39, 0.29) is 17.8 Å². The van der Waals surface area contributed by atoms with E-state index in [1.54, 1.807) is 0 Å². The zero-order valence-corrected chi connectivity index (χ0v) is 14.3. The van der Waals surface area contributed by atoms with Crippen LogP contribution in [0.15, 0.2) is 30.3 Å². The van der Waals surface area contributed by atoms with Gasteiger partial charge in [0.05, 0.1) is 12.5 Å². The Balaban J connectivity index is 1.64. The van der Waals surface area contributed by atoms with E-state index in [9.17, 15) is 9.59 Å². The van der Waals surface area contributed by atoms with Crippen molar-refractivity contribution < 1.29 is 14.3 Å². The molecule has 0 bridgehead atoms. The van der Waals surface area contributed by atoms with Gasteiger partial charge in [0.1, 0.15) is 6.04 Å². The van der Waals surface area contributed by atoms with E-state index in [0.29, 0.717) is 19.7 Å². The Kier molecular flexibility index (Phi) is 5.51. The number of benzene rings is 1. The highest BCUT2D eigenvalue weighted by molar-refractivity contribution is 5.82. The minimum absolute atomic E-state index is 0.0174. The molecular formula is C19H26N2O3. The summed E-state index contributed by atoms with van der Waals surface area (Å²) in [5.41, 5.74) is 0.930. The molecular weight excluding hydrogens is 304 g/mol. The van der Waals surface area contributed by atoms with Gasteiger partial charge in [-0.2, -0.15) is 0 Å². The second kappa shape index (κ2) is 7.79. The van der Waals surface area contributed by atoms with Gasteiger partial charge in [-0.15, -0.1) is 0 Å². The summed E-state index contributed by atoms with van der Waals surface area (Å²) < 4.78 is 5.25. The minimum Gasteiger partial charge on any atom is -0.465 e. The molecule has 24 heavy (non-hydrogen) atoms. The SMILES string of the molecule is CCOC(=O)C(c1ccccc1)N1CC(C(=O)N2CCCCC2)C1. The highest BCUT2D eigenvalue weighted by atomic mass is 16.5. The Hall–Kier alpha value is -1.88. The first kappa shape index (κ1) is 17.0. The zero-order valence-electron chi connectivity index (χ0n) is 14.3. The van der Waals surface area contributed by atoms with Crippen LogP contribution in [0.1, 0.15) is 37.8 Å². The number of likely N-dealkylation sites (tertiary alicyclic amines) is 2. The summed E-state index contributed by atoms with van der Waals surface area (Å²) in [4.78, 5) is 29.0. The maximum absolute atomic E-state index is 12.6. The molecule has 2 saturated heterocycles. The summed E-state index contributed by atoms with van der Waals surface area (Å²) in [5.74, 6) is 0.0398. The maximum atomic E-state index is 12.6. The first-order valence-corrected chi connectivity index (χ1v) is 8.95. The molecule has 5 nitrogen and oxygen atoms in total. The van der Waals surface area contributed by atoms with Crippen molar-refractivity contribution in [1.82, 2.24) is 9.80 Å². The molecule has 5 heteroatoms. The molecule has 0 spiro atoms. The molecule has 1 aromatic carbocycles. The topological polar surface area (TPSA) is 49.9 Å². The third-order valence-corrected chi connectivity index (χ3v) is 4.92. The van der Waals surface area contributed by atoms with Gasteiger partial charge in [0.15, 0.2) is 0 Å². The average Bonchev–Trinajstić information content (AvgIpc) is 2.59. The first-order chi connectivity index (χ1) is 11.7. The van der Waals surface area contributed by atoms with Gasteiger partial charge in [-0.3, -0.25) is 9.69 Å². The lowest BCUT2D eigenvalue weighted by molar-refractivity contribution is -0.157. The van der Waals surface area contributed by atoms with Crippen molar-refractivity contribution in [2.75, 3.05) is 32.8 Å². The van der Waals surface area contributed by atoms with Crippen LogP contribution in [0.5, 0.6) is 0 Å². The predicted molar refractivity (Wildman–Crippen MR) is 91.3 cm³/mol. The molecule has 2 aliphatic rings. The number of piperidine rings is 1. The maximum Gasteiger partial charge on any atom is 0.328 e. The highest BCUT2D eigenvalue weighted by Gasteiger charge is 2.42. The average molecular weight is 330 g/mol. The fraction of sp³-hybridized carbons (Fsp3) is 0.579. The van der Waals surface area contributed by atoms with Gasteiger partial charge >= 0.3 is 5.97 Å². The number of nitrogens with zero attached hydrogens (tertiary/aromatic N) is 2. The van der Waals surface area contributed by atoms with Crippen molar-refractivity contribution in [3.63, 3.8) is 0 Å². The van der Waals surface area contributed by atoms with E-state index in [4.69, 9.17) is 4.74 Å². The molecule has 1 amide bonds. The molecule has 130 valence electrons. The van der Waals surface area contributed by atoms with Gasteiger partial charge in [0.2, 0.25) is 5.91 Å². The number of carbonyl (C=O) groups is 2. The molecule has 0 radical (unpaired) electrons. The van der Waals surface area contributed by atoms with Gasteiger partial charge in [-0.1, -0.05) is 30.3 Å². The fourth-order valence-corrected chi connectivity index (χ4v) is 3.60. The molecule has 2 heterocycles. The molecule has 0 N–H and O–H groups in total. The second-order valence-corrected chi connectivity index (χ2v) is 6.60. The molecule has 0 aliphatic carbocycles. The van der Waals surface area contributed by atoms with E-state index in [1.807, 2.05) is 42.2 Å². The number of ether oxygens (including phenoxy) is 1. The zero-order chi connectivity index (χ0) is 16.9. The third-order valence-electron chi connectivity index (χ3n) is 4.92. The summed E-state index contributed by atoms with van der Waals surface area (Å²) in [6.45, 7) is 5.22. The van der Waals surface area contributed by atoms with Gasteiger partial charge in [-0.25, -0.2) is 4.79 Å². The lowest BCUT2D eigenvalue weighted by Gasteiger charge is -2.44. The van der Waals surface area contributed by atoms with Crippen molar-refractivity contribution in [3.8, 4) is 0 Å². The number of hydrogen-bond donors (Lipinski definition) is 0. The lowest BCUT2D eigenvalue weighted by atomic mass is 9.92. The van der Waals surface area contributed by atoms with E-state index in [0.717, 1.165) is 31.5 Å². The molecule has 1 atom stereocenters. The number of carbonyl (C=O) groups excluding carboxylic acids is 2. The van der Waals surface area contributed by atoms with Crippen LogP contribution in [0.3, 0.4) is 0 Å². The summed E-state index contributed by atoms with van der Waals surface area (Å²) in [6, 6.07) is 9.28. The molecule has 2 fully saturated rings. The Bertz CT molecular complexity index is 563. The van der Waals surface area contributed by atoms with Crippen LogP contribution < -0.4 is 0 Å². The van der Waals surface area contributed by atoms with Crippen molar-refractivity contribution >= 4 is 11.9 Å². The summed E-state index contributed by atoms with van der Waals surface area (Å²) in [6.07, 6.45) is 3.44. The summed E-state index contributed by atoms with van der Waals surface area (Å²) in [5, 5.41) is 0. The number of hydrogen-bond acceptors (Lipinski definition) is 4. The molecule has 0 aromatic heterocycles. The van der Waals surface area contributed by atoms with Crippen LogP contribution in [0, 0.1) is 5.92 Å². The van der Waals surface area contributed by atoms with E-state index in [2.05, 4.69) is 4.90 Å². The van der Waals surface area contributed by atoms with E-state index < -0.39 is 6.04 Å². The van der Waals surface area contributed by atoms with Gasteiger partial charge in [-0.05, 0) is 31.7 Å². The molecule has 1 aromatic rings. The van der Waals surface area contributed by atoms with Crippen LogP contribution in [-0.2, 0) is 14.3 Å². The summed E-state index contributed by atoms with van der Waals surface area (Å²) >= 11 is 0. The van der Waals surface area contributed by atoms with Gasteiger partial charge in [0, 0.05) is 26.2 Å². The van der Waals surface area contributed by atoms with E-state index in [1.165, 1.54) is 6.42 Å². The number of rotatable bonds is 5. The lowest BCUT2D eigenvalue weighted by Crippen LogP contribution is -2.57. The van der Waals surface area contributed by atoms with Crippen LogP contribution in [0.25, 0.3) is 0 Å². The van der Waals surface area contributed by atoms with Crippen molar-refractivity contribution in [2.45, 2.75) is 32.2 Å². The quantitative estimate of drug-likeness (QED) is 0.777. The number of amides is 1. The van der Waals surface area contributed by atoms with Crippen LogP contribution in [0.4, 0.5) is 0 Å². The smallest absolute Gasteiger partial charge is 0.328 e. The van der Waals surface area contributed by atoms with Crippen molar-refractivity contribution in [1.29, 1.82) is 0 Å². The molecule has 3 rings (SSSR count). The molecule has 1 unspecified atom stereocenters. The van der Waals surface area contributed by atoms with Gasteiger partial charge in [0.25, 0.3) is 0 Å². The molecule has 0 saturated carbocycles. The third kappa shape index (κ3) is 3.61. The molecule has 2 aliphatic heterocycles. The fourth-order valence-electron chi connectivity index (χ4n) is 3.60. The highest BCUT2D eigenvalue weighted by Crippen LogP contribution is 2.31. The Morgan fingerprint density at radius 2 is 1.79 bits per heavy atom. The Labute approximate surface area is 143 Å². The Morgan fingerprint density at radius 3 is 2.42 bits per heavy atom. The van der Waals surface area contributed by atoms with Crippen molar-refractivity contribution in [2.24, 2.45) is 5.92 Å². The van der Waals surface area contributed by atoms with Crippen LogP contribution in [0.2, 0.25) is 0 Å². The Morgan fingerprint density at radius 1 is 1.12 bits per heavy atom. The number of esters is 1. The standard InChI is InChI=1S/C19H26N2O3/c1-2-24-19(23)17(15-9-5-3-6-10-15)21-13-16(14-21)18(22)20-11-7-4-8-12-20/h3,5-6,9-10,16-17H,2,4,7-8,11-14H2,1H3. The predicted octanol–water partition coefficient (Wildman–Crippen LogP) is 2.24.